The molecule has 0 spiro atoms. The monoisotopic (exact) mass is 614 g/mol. The summed E-state index contributed by atoms with van der Waals surface area (Å²) in [5.74, 6) is -10.8. The summed E-state index contributed by atoms with van der Waals surface area (Å²) in [6.45, 7) is 1.41. The van der Waals surface area contributed by atoms with E-state index in [1.54, 1.807) is 0 Å². The standard InChI is InChI=1S/C24H23F9N6O3/c1-8-15(39-42-38-8)23(41)36-16(9-4-6-24(32,33)7-5-9)21-34-11-3-2-10(13(25)17(11)35-21)12(14(26)18(27)28)22(40)37-20(31)19(29)30/h2-3,9,12,14,16,18-20H,4-7H2,1H3,(H,34,35)(H,36,41)(H,37,40)/t12-,14?,16-,20?/m0/s1. The molecule has 1 fully saturated rings. The molecule has 3 N–H and O–H groups in total. The number of rotatable bonds is 10. The van der Waals surface area contributed by atoms with Crippen molar-refractivity contribution in [1.82, 2.24) is 30.9 Å². The first kappa shape index (κ1) is 31.1. The molecule has 2 amide bonds. The Balaban J connectivity index is 1.73. The van der Waals surface area contributed by atoms with Gasteiger partial charge in [-0.25, -0.2) is 49.1 Å². The van der Waals surface area contributed by atoms with Crippen molar-refractivity contribution in [2.75, 3.05) is 0 Å². The third kappa shape index (κ3) is 6.46. The zero-order chi connectivity index (χ0) is 30.9. The van der Waals surface area contributed by atoms with Crippen LogP contribution in [-0.2, 0) is 4.79 Å². The first-order chi connectivity index (χ1) is 19.7. The number of aryl methyl sites for hydroxylation is 1. The Labute approximate surface area is 230 Å². The molecule has 0 aliphatic heterocycles. The topological polar surface area (TPSA) is 126 Å². The van der Waals surface area contributed by atoms with Gasteiger partial charge in [0.05, 0.1) is 11.6 Å². The number of H-pyrrole nitrogens is 1. The minimum absolute atomic E-state index is 0.0898. The van der Waals surface area contributed by atoms with Crippen molar-refractivity contribution >= 4 is 22.8 Å². The highest BCUT2D eigenvalue weighted by Gasteiger charge is 2.42. The lowest BCUT2D eigenvalue weighted by molar-refractivity contribution is -0.130. The van der Waals surface area contributed by atoms with Gasteiger partial charge in [0.25, 0.3) is 18.8 Å². The number of imidazole rings is 1. The Hall–Kier alpha value is -3.86. The van der Waals surface area contributed by atoms with E-state index in [-0.39, 0.29) is 35.6 Å². The predicted molar refractivity (Wildman–Crippen MR) is 125 cm³/mol. The van der Waals surface area contributed by atoms with Crippen molar-refractivity contribution in [2.24, 2.45) is 5.92 Å². The van der Waals surface area contributed by atoms with Gasteiger partial charge in [-0.1, -0.05) is 11.2 Å². The van der Waals surface area contributed by atoms with Crippen LogP contribution >= 0.6 is 0 Å². The van der Waals surface area contributed by atoms with E-state index in [4.69, 9.17) is 0 Å². The molecule has 2 heterocycles. The number of amides is 2. The van der Waals surface area contributed by atoms with Gasteiger partial charge in [-0.2, -0.15) is 0 Å². The van der Waals surface area contributed by atoms with E-state index in [2.05, 4.69) is 30.2 Å². The summed E-state index contributed by atoms with van der Waals surface area (Å²) in [5, 5.41) is 10.6. The van der Waals surface area contributed by atoms with Crippen LogP contribution in [0.15, 0.2) is 16.8 Å². The molecule has 1 aliphatic carbocycles. The fraction of sp³-hybridized carbons (Fsp3) is 0.542. The molecule has 1 aromatic carbocycles. The van der Waals surface area contributed by atoms with E-state index in [1.807, 2.05) is 0 Å². The lowest BCUT2D eigenvalue weighted by Crippen LogP contribution is -2.43. The highest BCUT2D eigenvalue weighted by atomic mass is 19.3. The van der Waals surface area contributed by atoms with Crippen molar-refractivity contribution < 1.29 is 53.7 Å². The average Bonchev–Trinajstić information content (AvgIpc) is 3.55. The zero-order valence-electron chi connectivity index (χ0n) is 21.5. The SMILES string of the molecule is Cc1nonc1C(=O)N[C@H](c1nc2c(F)c([C@H](C(=O)NC(F)C(F)F)C(F)C(F)F)ccc2[nH]1)C1CCC(F)(F)CC1. The van der Waals surface area contributed by atoms with Gasteiger partial charge in [-0.3, -0.25) is 9.59 Å². The second-order valence-corrected chi connectivity index (χ2v) is 9.83. The zero-order valence-corrected chi connectivity index (χ0v) is 21.5. The number of carbonyl (C=O) groups excluding carboxylic acids is 2. The summed E-state index contributed by atoms with van der Waals surface area (Å²) in [5.41, 5.74) is -1.92. The van der Waals surface area contributed by atoms with E-state index in [0.717, 1.165) is 11.4 Å². The van der Waals surface area contributed by atoms with Gasteiger partial charge in [0, 0.05) is 18.4 Å². The Morgan fingerprint density at radius 3 is 2.26 bits per heavy atom. The number of benzene rings is 1. The second-order valence-electron chi connectivity index (χ2n) is 9.83. The molecule has 0 bridgehead atoms. The predicted octanol–water partition coefficient (Wildman–Crippen LogP) is 5.05. The molecule has 9 nitrogen and oxygen atoms in total. The number of halogens is 9. The fourth-order valence-corrected chi connectivity index (χ4v) is 4.81. The summed E-state index contributed by atoms with van der Waals surface area (Å²) in [6, 6.07) is 0.586. The van der Waals surface area contributed by atoms with Gasteiger partial charge in [0.2, 0.25) is 18.1 Å². The van der Waals surface area contributed by atoms with Crippen LogP contribution in [0.5, 0.6) is 0 Å². The molecule has 2 unspecified atom stereocenters. The number of alkyl halides is 8. The molecule has 4 rings (SSSR count). The summed E-state index contributed by atoms with van der Waals surface area (Å²) in [4.78, 5) is 32.0. The molecule has 4 atom stereocenters. The Morgan fingerprint density at radius 2 is 1.69 bits per heavy atom. The molecule has 2 aromatic heterocycles. The first-order valence-corrected chi connectivity index (χ1v) is 12.5. The van der Waals surface area contributed by atoms with Gasteiger partial charge in [-0.15, -0.1) is 0 Å². The van der Waals surface area contributed by atoms with Crippen LogP contribution in [0.4, 0.5) is 39.5 Å². The number of aromatic nitrogens is 4. The molecule has 230 valence electrons. The van der Waals surface area contributed by atoms with Crippen molar-refractivity contribution in [1.29, 1.82) is 0 Å². The van der Waals surface area contributed by atoms with Gasteiger partial charge in [-0.05, 0) is 36.9 Å². The van der Waals surface area contributed by atoms with Crippen LogP contribution in [0.3, 0.4) is 0 Å². The molecule has 1 aliphatic rings. The third-order valence-electron chi connectivity index (χ3n) is 7.00. The minimum Gasteiger partial charge on any atom is -0.340 e. The van der Waals surface area contributed by atoms with Crippen molar-refractivity contribution in [2.45, 2.75) is 75.8 Å². The van der Waals surface area contributed by atoms with E-state index < -0.39 is 90.7 Å². The number of fused-ring (bicyclic) bond motifs is 1. The number of hydrogen-bond acceptors (Lipinski definition) is 6. The molecular weight excluding hydrogens is 591 g/mol. The maximum atomic E-state index is 15.6. The quantitative estimate of drug-likeness (QED) is 0.217. The van der Waals surface area contributed by atoms with E-state index >= 15 is 4.39 Å². The van der Waals surface area contributed by atoms with E-state index in [1.165, 1.54) is 6.92 Å². The van der Waals surface area contributed by atoms with Crippen molar-refractivity contribution in [3.63, 3.8) is 0 Å². The van der Waals surface area contributed by atoms with Gasteiger partial charge < -0.3 is 15.6 Å². The highest BCUT2D eigenvalue weighted by Crippen LogP contribution is 2.42. The molecule has 0 radical (unpaired) electrons. The lowest BCUT2D eigenvalue weighted by atomic mass is 9.81. The number of nitrogens with one attached hydrogen (secondary N) is 3. The van der Waals surface area contributed by atoms with Gasteiger partial charge in [0.1, 0.15) is 23.0 Å². The van der Waals surface area contributed by atoms with Crippen LogP contribution < -0.4 is 10.6 Å². The Bertz CT molecular complexity index is 1420. The van der Waals surface area contributed by atoms with Crippen LogP contribution in [-0.4, -0.2) is 63.3 Å². The Kier molecular flexibility index (Phi) is 9.01. The summed E-state index contributed by atoms with van der Waals surface area (Å²) in [7, 11) is 0. The fourth-order valence-electron chi connectivity index (χ4n) is 4.81. The number of aromatic amines is 1. The van der Waals surface area contributed by atoms with Crippen LogP contribution in [0.1, 0.15) is 65.2 Å². The molecular formula is C24H23F9N6O3. The maximum absolute atomic E-state index is 15.6. The number of hydrogen-bond donors (Lipinski definition) is 3. The largest absolute Gasteiger partial charge is 0.340 e. The van der Waals surface area contributed by atoms with Crippen LogP contribution in [0.25, 0.3) is 11.0 Å². The normalized spacial score (nSPS) is 18.7. The van der Waals surface area contributed by atoms with Crippen molar-refractivity contribution in [3.05, 3.63) is 40.7 Å². The molecule has 42 heavy (non-hydrogen) atoms. The summed E-state index contributed by atoms with van der Waals surface area (Å²) in [6.07, 6.45) is -15.6. The van der Waals surface area contributed by atoms with Crippen molar-refractivity contribution in [3.8, 4) is 0 Å². The first-order valence-electron chi connectivity index (χ1n) is 12.5. The average molecular weight is 614 g/mol. The van der Waals surface area contributed by atoms with E-state index in [9.17, 15) is 44.7 Å². The van der Waals surface area contributed by atoms with Crippen LogP contribution in [0.2, 0.25) is 0 Å². The number of nitrogens with zero attached hydrogens (tertiary/aromatic N) is 3. The third-order valence-corrected chi connectivity index (χ3v) is 7.00. The maximum Gasteiger partial charge on any atom is 0.287 e. The van der Waals surface area contributed by atoms with Gasteiger partial charge in [0.15, 0.2) is 17.7 Å². The molecule has 1 saturated carbocycles. The molecule has 0 saturated heterocycles. The highest BCUT2D eigenvalue weighted by molar-refractivity contribution is 5.93. The van der Waals surface area contributed by atoms with Gasteiger partial charge >= 0.3 is 0 Å². The molecule has 3 aromatic rings. The number of carbonyl (C=O) groups is 2. The smallest absolute Gasteiger partial charge is 0.287 e. The second kappa shape index (κ2) is 12.2. The van der Waals surface area contributed by atoms with E-state index in [0.29, 0.717) is 6.07 Å². The summed E-state index contributed by atoms with van der Waals surface area (Å²) >= 11 is 0. The lowest BCUT2D eigenvalue weighted by Gasteiger charge is -2.33. The minimum atomic E-state index is -3.88. The molecule has 18 heteroatoms. The Morgan fingerprint density at radius 1 is 1.02 bits per heavy atom. The van der Waals surface area contributed by atoms with Crippen LogP contribution in [0, 0.1) is 18.7 Å². The summed E-state index contributed by atoms with van der Waals surface area (Å²) < 4.78 is 127.